The van der Waals surface area contributed by atoms with Crippen LogP contribution in [0, 0.1) is 6.92 Å². The Morgan fingerprint density at radius 3 is 2.89 bits per heavy atom. The molecule has 4 nitrogen and oxygen atoms in total. The van der Waals surface area contributed by atoms with E-state index in [0.717, 1.165) is 12.2 Å². The van der Waals surface area contributed by atoms with Gasteiger partial charge in [0.15, 0.2) is 0 Å². The van der Waals surface area contributed by atoms with Crippen LogP contribution in [0.5, 0.6) is 0 Å². The summed E-state index contributed by atoms with van der Waals surface area (Å²) >= 11 is 0. The topological polar surface area (TPSA) is 44.7 Å². The second kappa shape index (κ2) is 8.08. The van der Waals surface area contributed by atoms with Crippen molar-refractivity contribution in [3.05, 3.63) is 29.8 Å². The maximum absolute atomic E-state index is 9.90. The highest BCUT2D eigenvalue weighted by molar-refractivity contribution is 5.47. The van der Waals surface area contributed by atoms with Crippen LogP contribution >= 0.6 is 0 Å². The van der Waals surface area contributed by atoms with E-state index in [1.54, 1.807) is 7.11 Å². The maximum Gasteiger partial charge on any atom is 0.0839 e. The number of methoxy groups -OCH3 is 1. The number of ether oxygens (including phenoxy) is 1. The van der Waals surface area contributed by atoms with Gasteiger partial charge in [-0.2, -0.15) is 0 Å². The van der Waals surface area contributed by atoms with Crippen LogP contribution in [0.25, 0.3) is 0 Å². The molecule has 0 radical (unpaired) electrons. The van der Waals surface area contributed by atoms with E-state index < -0.39 is 0 Å². The Morgan fingerprint density at radius 2 is 2.22 bits per heavy atom. The molecular formula is C14H24N2O2. The summed E-state index contributed by atoms with van der Waals surface area (Å²) in [5.74, 6) is 0. The highest BCUT2D eigenvalue weighted by Gasteiger charge is 2.08. The Hall–Kier alpha value is -1.10. The quantitative estimate of drug-likeness (QED) is 0.678. The lowest BCUT2D eigenvalue weighted by atomic mass is 10.2. The van der Waals surface area contributed by atoms with Gasteiger partial charge in [0.2, 0.25) is 0 Å². The molecule has 0 amide bonds. The number of hydrogen-bond acceptors (Lipinski definition) is 4. The number of aliphatic hydroxyl groups excluding tert-OH is 1. The molecule has 0 aliphatic rings. The van der Waals surface area contributed by atoms with Gasteiger partial charge in [0.25, 0.3) is 0 Å². The van der Waals surface area contributed by atoms with Gasteiger partial charge < -0.3 is 20.1 Å². The smallest absolute Gasteiger partial charge is 0.0839 e. The summed E-state index contributed by atoms with van der Waals surface area (Å²) in [6, 6.07) is 8.27. The van der Waals surface area contributed by atoms with Crippen molar-refractivity contribution in [2.24, 2.45) is 0 Å². The van der Waals surface area contributed by atoms with E-state index in [-0.39, 0.29) is 6.10 Å². The first kappa shape index (κ1) is 15.0. The number of aryl methyl sites for hydroxylation is 1. The standard InChI is InChI=1S/C14H24N2O2/c1-12-5-4-6-13(9-12)16(2)11-14(17)10-15-7-8-18-3/h4-6,9,14-15,17H,7-8,10-11H2,1-3H3. The van der Waals surface area contributed by atoms with Crippen molar-refractivity contribution in [3.63, 3.8) is 0 Å². The van der Waals surface area contributed by atoms with E-state index in [0.29, 0.717) is 19.7 Å². The first-order valence-electron chi connectivity index (χ1n) is 6.29. The largest absolute Gasteiger partial charge is 0.390 e. The predicted molar refractivity (Wildman–Crippen MR) is 75.2 cm³/mol. The SMILES string of the molecule is COCCNCC(O)CN(C)c1cccc(C)c1. The van der Waals surface area contributed by atoms with Crippen LogP contribution in [0.2, 0.25) is 0 Å². The molecule has 1 rings (SSSR count). The summed E-state index contributed by atoms with van der Waals surface area (Å²) in [5.41, 5.74) is 2.36. The van der Waals surface area contributed by atoms with E-state index in [1.165, 1.54) is 5.56 Å². The zero-order chi connectivity index (χ0) is 13.4. The summed E-state index contributed by atoms with van der Waals surface area (Å²) in [4.78, 5) is 2.07. The molecule has 18 heavy (non-hydrogen) atoms. The van der Waals surface area contributed by atoms with E-state index >= 15 is 0 Å². The lowest BCUT2D eigenvalue weighted by Crippen LogP contribution is -2.37. The van der Waals surface area contributed by atoms with Crippen molar-refractivity contribution >= 4 is 5.69 Å². The molecule has 0 aromatic heterocycles. The van der Waals surface area contributed by atoms with Crippen molar-refractivity contribution < 1.29 is 9.84 Å². The fourth-order valence-corrected chi connectivity index (χ4v) is 1.79. The molecule has 102 valence electrons. The van der Waals surface area contributed by atoms with Crippen molar-refractivity contribution in [1.82, 2.24) is 5.32 Å². The molecule has 0 bridgehead atoms. The maximum atomic E-state index is 9.90. The summed E-state index contributed by atoms with van der Waals surface area (Å²) < 4.78 is 4.93. The third-order valence-corrected chi connectivity index (χ3v) is 2.79. The van der Waals surface area contributed by atoms with Crippen LogP contribution < -0.4 is 10.2 Å². The summed E-state index contributed by atoms with van der Waals surface area (Å²) in [6.45, 7) is 4.70. The Labute approximate surface area is 110 Å². The van der Waals surface area contributed by atoms with Gasteiger partial charge >= 0.3 is 0 Å². The molecular weight excluding hydrogens is 228 g/mol. The van der Waals surface area contributed by atoms with Gasteiger partial charge in [0.1, 0.15) is 0 Å². The number of aliphatic hydroxyl groups is 1. The minimum atomic E-state index is -0.382. The molecule has 0 saturated heterocycles. The second-order valence-corrected chi connectivity index (χ2v) is 4.57. The van der Waals surface area contributed by atoms with E-state index in [2.05, 4.69) is 35.3 Å². The van der Waals surface area contributed by atoms with Gasteiger partial charge in [-0.25, -0.2) is 0 Å². The Morgan fingerprint density at radius 1 is 1.44 bits per heavy atom. The Kier molecular flexibility index (Phi) is 6.72. The molecule has 0 aliphatic carbocycles. The first-order valence-corrected chi connectivity index (χ1v) is 6.29. The van der Waals surface area contributed by atoms with Crippen molar-refractivity contribution in [2.75, 3.05) is 45.3 Å². The van der Waals surface area contributed by atoms with Gasteiger partial charge in [0.05, 0.1) is 12.7 Å². The minimum absolute atomic E-state index is 0.382. The monoisotopic (exact) mass is 252 g/mol. The van der Waals surface area contributed by atoms with Gasteiger partial charge in [-0.3, -0.25) is 0 Å². The van der Waals surface area contributed by atoms with Gasteiger partial charge in [-0.05, 0) is 24.6 Å². The molecule has 1 atom stereocenters. The van der Waals surface area contributed by atoms with Gasteiger partial charge in [0, 0.05) is 39.5 Å². The summed E-state index contributed by atoms with van der Waals surface area (Å²) in [5, 5.41) is 13.1. The van der Waals surface area contributed by atoms with Crippen LogP contribution in [0.4, 0.5) is 5.69 Å². The summed E-state index contributed by atoms with van der Waals surface area (Å²) in [6.07, 6.45) is -0.382. The second-order valence-electron chi connectivity index (χ2n) is 4.57. The number of nitrogens with one attached hydrogen (secondary N) is 1. The van der Waals surface area contributed by atoms with Gasteiger partial charge in [-0.15, -0.1) is 0 Å². The molecule has 4 heteroatoms. The molecule has 0 spiro atoms. The first-order chi connectivity index (χ1) is 8.63. The number of hydrogen-bond donors (Lipinski definition) is 2. The number of anilines is 1. The van der Waals surface area contributed by atoms with Crippen LogP contribution in [0.15, 0.2) is 24.3 Å². The van der Waals surface area contributed by atoms with Crippen LogP contribution in [0.1, 0.15) is 5.56 Å². The van der Waals surface area contributed by atoms with Crippen LogP contribution in [-0.2, 0) is 4.74 Å². The normalized spacial score (nSPS) is 12.4. The zero-order valence-corrected chi connectivity index (χ0v) is 11.5. The number of likely N-dealkylation sites (N-methyl/N-ethyl adjacent to an activating group) is 1. The van der Waals surface area contributed by atoms with E-state index in [9.17, 15) is 5.11 Å². The molecule has 0 fully saturated rings. The third kappa shape index (κ3) is 5.49. The highest BCUT2D eigenvalue weighted by Crippen LogP contribution is 2.14. The zero-order valence-electron chi connectivity index (χ0n) is 11.5. The fourth-order valence-electron chi connectivity index (χ4n) is 1.79. The molecule has 2 N–H and O–H groups in total. The lowest BCUT2D eigenvalue weighted by Gasteiger charge is -2.23. The molecule has 1 aromatic carbocycles. The lowest BCUT2D eigenvalue weighted by molar-refractivity contribution is 0.164. The van der Waals surface area contributed by atoms with E-state index in [4.69, 9.17) is 4.74 Å². The Balaban J connectivity index is 2.32. The molecule has 0 heterocycles. The van der Waals surface area contributed by atoms with Crippen molar-refractivity contribution in [1.29, 1.82) is 0 Å². The number of rotatable bonds is 8. The van der Waals surface area contributed by atoms with E-state index in [1.807, 2.05) is 13.1 Å². The Bertz CT molecular complexity index is 344. The van der Waals surface area contributed by atoms with Crippen LogP contribution in [-0.4, -0.2) is 51.6 Å². The molecule has 1 aromatic rings. The highest BCUT2D eigenvalue weighted by atomic mass is 16.5. The molecule has 0 aliphatic heterocycles. The van der Waals surface area contributed by atoms with Crippen molar-refractivity contribution in [2.45, 2.75) is 13.0 Å². The van der Waals surface area contributed by atoms with Crippen LogP contribution in [0.3, 0.4) is 0 Å². The fraction of sp³-hybridized carbons (Fsp3) is 0.571. The minimum Gasteiger partial charge on any atom is -0.390 e. The average molecular weight is 252 g/mol. The molecule has 1 unspecified atom stereocenters. The number of benzene rings is 1. The average Bonchev–Trinajstić information content (AvgIpc) is 2.34. The number of nitrogens with zero attached hydrogens (tertiary/aromatic N) is 1. The summed E-state index contributed by atoms with van der Waals surface area (Å²) in [7, 11) is 3.66. The predicted octanol–water partition coefficient (Wildman–Crippen LogP) is 1.03. The molecule has 0 saturated carbocycles. The van der Waals surface area contributed by atoms with Gasteiger partial charge in [-0.1, -0.05) is 12.1 Å². The third-order valence-electron chi connectivity index (χ3n) is 2.79. The van der Waals surface area contributed by atoms with Crippen molar-refractivity contribution in [3.8, 4) is 0 Å².